The van der Waals surface area contributed by atoms with Crippen molar-refractivity contribution in [3.8, 4) is 5.69 Å². The van der Waals surface area contributed by atoms with E-state index in [-0.39, 0.29) is 0 Å². The van der Waals surface area contributed by atoms with E-state index in [9.17, 15) is 0 Å². The molecule has 0 saturated heterocycles. The van der Waals surface area contributed by atoms with E-state index < -0.39 is 0 Å². The summed E-state index contributed by atoms with van der Waals surface area (Å²) in [6, 6.07) is 8.85. The maximum Gasteiger partial charge on any atom is 0.123 e. The highest BCUT2D eigenvalue weighted by atomic mass is 15.2. The first-order valence-electron chi connectivity index (χ1n) is 5.99. The van der Waals surface area contributed by atoms with Gasteiger partial charge in [0.25, 0.3) is 0 Å². The van der Waals surface area contributed by atoms with Crippen molar-refractivity contribution in [3.05, 3.63) is 42.5 Å². The summed E-state index contributed by atoms with van der Waals surface area (Å²) < 4.78 is 1.90. The lowest BCUT2D eigenvalue weighted by atomic mass is 10.1. The molecule has 0 amide bonds. The molecule has 1 atom stereocenters. The molecule has 0 radical (unpaired) electrons. The summed E-state index contributed by atoms with van der Waals surface area (Å²) in [5.74, 6) is 0. The molecular weight excluding hydrogens is 212 g/mol. The lowest BCUT2D eigenvalue weighted by Gasteiger charge is -2.14. The summed E-state index contributed by atoms with van der Waals surface area (Å²) in [4.78, 5) is 0. The molecule has 17 heavy (non-hydrogen) atoms. The first-order valence-corrected chi connectivity index (χ1v) is 5.99. The van der Waals surface area contributed by atoms with E-state index in [0.29, 0.717) is 6.04 Å². The summed E-state index contributed by atoms with van der Waals surface area (Å²) in [7, 11) is 0. The first kappa shape index (κ1) is 11.8. The second kappa shape index (κ2) is 5.59. The van der Waals surface area contributed by atoms with Crippen LogP contribution in [0.2, 0.25) is 0 Å². The van der Waals surface area contributed by atoms with Crippen molar-refractivity contribution in [1.82, 2.24) is 20.1 Å². The summed E-state index contributed by atoms with van der Waals surface area (Å²) in [6.45, 7) is 5.41. The normalized spacial score (nSPS) is 12.6. The predicted molar refractivity (Wildman–Crippen MR) is 68.1 cm³/mol. The number of hydrogen-bond acceptors (Lipinski definition) is 3. The maximum atomic E-state index is 3.80. The highest BCUT2D eigenvalue weighted by Crippen LogP contribution is 2.15. The Bertz CT molecular complexity index is 433. The molecule has 2 rings (SSSR count). The largest absolute Gasteiger partial charge is 0.310 e. The van der Waals surface area contributed by atoms with E-state index in [1.54, 1.807) is 12.7 Å². The fourth-order valence-corrected chi connectivity index (χ4v) is 1.75. The Morgan fingerprint density at radius 3 is 2.41 bits per heavy atom. The van der Waals surface area contributed by atoms with Crippen LogP contribution < -0.4 is 5.32 Å². The second-order valence-electron chi connectivity index (χ2n) is 4.14. The Balaban J connectivity index is 2.08. The van der Waals surface area contributed by atoms with Crippen LogP contribution in [0.1, 0.15) is 31.9 Å². The van der Waals surface area contributed by atoms with E-state index in [0.717, 1.165) is 18.7 Å². The Morgan fingerprint density at radius 1 is 1.18 bits per heavy atom. The monoisotopic (exact) mass is 230 g/mol. The van der Waals surface area contributed by atoms with Crippen LogP contribution in [0.25, 0.3) is 5.69 Å². The second-order valence-corrected chi connectivity index (χ2v) is 4.14. The Labute approximate surface area is 102 Å². The summed E-state index contributed by atoms with van der Waals surface area (Å²) in [5, 5.41) is 11.1. The average Bonchev–Trinajstić information content (AvgIpc) is 2.90. The van der Waals surface area contributed by atoms with E-state index in [4.69, 9.17) is 0 Å². The SMILES string of the molecule is CCCNC(C)c1ccc(-n2cnnc2)cc1. The standard InChI is InChI=1S/C13H18N4/c1-3-8-14-11(2)12-4-6-13(7-5-12)17-9-15-16-10-17/h4-7,9-11,14H,3,8H2,1-2H3. The maximum absolute atomic E-state index is 3.80. The summed E-state index contributed by atoms with van der Waals surface area (Å²) in [6.07, 6.45) is 4.56. The Morgan fingerprint density at radius 2 is 1.82 bits per heavy atom. The van der Waals surface area contributed by atoms with Crippen molar-refractivity contribution < 1.29 is 0 Å². The highest BCUT2D eigenvalue weighted by Gasteiger charge is 2.04. The fraction of sp³-hybridized carbons (Fsp3) is 0.385. The molecule has 0 fully saturated rings. The minimum absolute atomic E-state index is 0.393. The predicted octanol–water partition coefficient (Wildman–Crippen LogP) is 2.33. The Kier molecular flexibility index (Phi) is 3.88. The van der Waals surface area contributed by atoms with Crippen LogP contribution in [-0.4, -0.2) is 21.3 Å². The van der Waals surface area contributed by atoms with Crippen molar-refractivity contribution in [2.75, 3.05) is 6.54 Å². The van der Waals surface area contributed by atoms with Crippen LogP contribution in [0.3, 0.4) is 0 Å². The number of nitrogens with one attached hydrogen (secondary N) is 1. The van der Waals surface area contributed by atoms with Crippen molar-refractivity contribution in [2.45, 2.75) is 26.3 Å². The molecule has 2 aromatic rings. The van der Waals surface area contributed by atoms with Crippen molar-refractivity contribution >= 4 is 0 Å². The van der Waals surface area contributed by atoms with Crippen molar-refractivity contribution in [3.63, 3.8) is 0 Å². The summed E-state index contributed by atoms with van der Waals surface area (Å²) >= 11 is 0. The number of aromatic nitrogens is 3. The molecular formula is C13H18N4. The zero-order valence-electron chi connectivity index (χ0n) is 10.3. The number of rotatable bonds is 5. The van der Waals surface area contributed by atoms with Crippen LogP contribution in [0.5, 0.6) is 0 Å². The van der Waals surface area contributed by atoms with Gasteiger partial charge in [-0.05, 0) is 37.6 Å². The molecule has 0 spiro atoms. The topological polar surface area (TPSA) is 42.7 Å². The van der Waals surface area contributed by atoms with Crippen LogP contribution >= 0.6 is 0 Å². The quantitative estimate of drug-likeness (QED) is 0.857. The van der Waals surface area contributed by atoms with Crippen LogP contribution in [0.4, 0.5) is 0 Å². The molecule has 4 nitrogen and oxygen atoms in total. The molecule has 1 aromatic carbocycles. The zero-order chi connectivity index (χ0) is 12.1. The van der Waals surface area contributed by atoms with Gasteiger partial charge in [-0.15, -0.1) is 10.2 Å². The van der Waals surface area contributed by atoms with Gasteiger partial charge in [-0.25, -0.2) is 0 Å². The smallest absolute Gasteiger partial charge is 0.123 e. The molecule has 1 N–H and O–H groups in total. The molecule has 1 aromatic heterocycles. The van der Waals surface area contributed by atoms with Gasteiger partial charge in [0, 0.05) is 11.7 Å². The minimum atomic E-state index is 0.393. The van der Waals surface area contributed by atoms with E-state index in [1.165, 1.54) is 5.56 Å². The third kappa shape index (κ3) is 2.91. The zero-order valence-corrected chi connectivity index (χ0v) is 10.3. The van der Waals surface area contributed by atoms with Gasteiger partial charge in [-0.3, -0.25) is 4.57 Å². The minimum Gasteiger partial charge on any atom is -0.310 e. The third-order valence-corrected chi connectivity index (χ3v) is 2.81. The van der Waals surface area contributed by atoms with Crippen LogP contribution in [-0.2, 0) is 0 Å². The average molecular weight is 230 g/mol. The van der Waals surface area contributed by atoms with Gasteiger partial charge in [0.1, 0.15) is 12.7 Å². The van der Waals surface area contributed by atoms with Gasteiger partial charge in [-0.2, -0.15) is 0 Å². The lowest BCUT2D eigenvalue weighted by Crippen LogP contribution is -2.19. The van der Waals surface area contributed by atoms with Gasteiger partial charge >= 0.3 is 0 Å². The number of nitrogens with zero attached hydrogens (tertiary/aromatic N) is 3. The molecule has 0 bridgehead atoms. The third-order valence-electron chi connectivity index (χ3n) is 2.81. The first-order chi connectivity index (χ1) is 8.31. The van der Waals surface area contributed by atoms with E-state index in [1.807, 2.05) is 4.57 Å². The Hall–Kier alpha value is -1.68. The van der Waals surface area contributed by atoms with E-state index >= 15 is 0 Å². The molecule has 1 heterocycles. The van der Waals surface area contributed by atoms with Gasteiger partial charge < -0.3 is 5.32 Å². The lowest BCUT2D eigenvalue weighted by molar-refractivity contribution is 0.570. The van der Waals surface area contributed by atoms with E-state index in [2.05, 4.69) is 53.6 Å². The molecule has 0 aliphatic heterocycles. The van der Waals surface area contributed by atoms with Gasteiger partial charge in [0.05, 0.1) is 0 Å². The van der Waals surface area contributed by atoms with Gasteiger partial charge in [0.15, 0.2) is 0 Å². The molecule has 90 valence electrons. The molecule has 0 saturated carbocycles. The highest BCUT2D eigenvalue weighted by molar-refractivity contribution is 5.35. The van der Waals surface area contributed by atoms with Crippen molar-refractivity contribution in [2.24, 2.45) is 0 Å². The van der Waals surface area contributed by atoms with Crippen LogP contribution in [0, 0.1) is 0 Å². The van der Waals surface area contributed by atoms with Gasteiger partial charge in [-0.1, -0.05) is 19.1 Å². The number of hydrogen-bond donors (Lipinski definition) is 1. The molecule has 0 aliphatic rings. The van der Waals surface area contributed by atoms with Gasteiger partial charge in [0.2, 0.25) is 0 Å². The van der Waals surface area contributed by atoms with Crippen molar-refractivity contribution in [1.29, 1.82) is 0 Å². The number of benzene rings is 1. The fourth-order valence-electron chi connectivity index (χ4n) is 1.75. The molecule has 4 heteroatoms. The van der Waals surface area contributed by atoms with Crippen LogP contribution in [0.15, 0.2) is 36.9 Å². The molecule has 0 aliphatic carbocycles. The summed E-state index contributed by atoms with van der Waals surface area (Å²) in [5.41, 5.74) is 2.39. The molecule has 1 unspecified atom stereocenters.